The number of aromatic nitrogens is 8. The van der Waals surface area contributed by atoms with Crippen LogP contribution in [-0.4, -0.2) is 320 Å². The number of carbonyl (C=O) groups excluding carboxylic acids is 8. The number of fused-ring (bicyclic) bond motifs is 2. The molecule has 4 heterocycles. The molecule has 0 unspecified atom stereocenters. The summed E-state index contributed by atoms with van der Waals surface area (Å²) in [5.74, 6) is -24.5. The second-order valence-electron chi connectivity index (χ2n) is 26.6. The van der Waals surface area contributed by atoms with Gasteiger partial charge in [0, 0.05) is 66.1 Å². The van der Waals surface area contributed by atoms with E-state index in [2.05, 4.69) is 91.7 Å². The molecule has 30 N–H and O–H groups in total. The smallest absolute Gasteiger partial charge is 0.327 e. The van der Waals surface area contributed by atoms with Gasteiger partial charge in [0.25, 0.3) is 22.9 Å². The van der Waals surface area contributed by atoms with Gasteiger partial charge in [-0.2, -0.15) is 35.2 Å². The number of ketones is 3. The number of carbonyl (C=O) groups is 13. The number of nitrogens with zero attached hydrogens (tertiary/aromatic N) is 6. The van der Waals surface area contributed by atoms with E-state index in [1.54, 1.807) is 0 Å². The molecule has 0 saturated carbocycles. The molecule has 0 bridgehead atoms. The fourth-order valence-corrected chi connectivity index (χ4v) is 11.6. The van der Waals surface area contributed by atoms with E-state index >= 15 is 0 Å². The van der Waals surface area contributed by atoms with Crippen LogP contribution in [0.2, 0.25) is 0 Å². The Bertz CT molecular complexity index is 4750. The topological polar surface area (TPSA) is 845 Å². The summed E-state index contributed by atoms with van der Waals surface area (Å²) in [6.45, 7) is -3.17. The summed E-state index contributed by atoms with van der Waals surface area (Å²) in [4.78, 5) is 217. The Kier molecular flexibility index (Phi) is 38.6. The molecule has 2 aromatic carbocycles. The first-order valence-corrected chi connectivity index (χ1v) is 36.9. The molecule has 6 aromatic rings. The largest absolute Gasteiger partial charge is 0.481 e. The third kappa shape index (κ3) is 29.2. The number of anilines is 4. The van der Waals surface area contributed by atoms with Gasteiger partial charge >= 0.3 is 29.8 Å². The minimum atomic E-state index is -2.47. The van der Waals surface area contributed by atoms with Crippen molar-refractivity contribution in [3.8, 4) is 0 Å². The second-order valence-corrected chi connectivity index (χ2v) is 27.4. The number of nitrogens with one attached hydrogen (secondary N) is 9. The predicted octanol–water partition coefficient (Wildman–Crippen LogP) is -9.35. The van der Waals surface area contributed by atoms with Crippen LogP contribution in [0.15, 0.2) is 70.5 Å². The molecule has 654 valence electrons. The van der Waals surface area contributed by atoms with Crippen molar-refractivity contribution in [2.45, 2.75) is 150 Å². The zero-order chi connectivity index (χ0) is 89.7. The Morgan fingerprint density at radius 2 is 0.725 bits per heavy atom. The highest BCUT2D eigenvalue weighted by atomic mass is 32.1. The quantitative estimate of drug-likeness (QED) is 0.0158. The Balaban J connectivity index is 0.000000451. The number of nitrogens with two attached hydrogens (primary N) is 2. The Labute approximate surface area is 685 Å². The minimum Gasteiger partial charge on any atom is -0.481 e. The number of H-pyrrole nitrogens is 2. The molecule has 0 fully saturated rings. The molecule has 0 spiro atoms. The van der Waals surface area contributed by atoms with Crippen LogP contribution in [0.25, 0.3) is 22.3 Å². The van der Waals surface area contributed by atoms with Crippen LogP contribution >= 0.6 is 25.3 Å². The first kappa shape index (κ1) is 98.6. The summed E-state index contributed by atoms with van der Waals surface area (Å²) in [5, 5.41) is 185. The standard InChI is InChI=1S/C40H53N9O20S.C29H36N8O12S/c41-40-48-33-28(37(65)49-40)44-17(11-43-33)10-42-16-3-1-15(2-4-16)34(62)45-21(38(66)67)6-5-18(52)7-19(29(58)31(60)25(54)12-50)35(63)46-22(9-27(56)57)24(53)8-20(30(59)32(61)26(55)13-51)36(64)47-23(14-70)39(68)69;30-29-36-23-20(26(45)37-29)33-14(9-32-23)8-31-13-3-1-12(2-4-13)24(43)34-17(27(46)47)6-5-15(39)7-16(21(41)22(42)19(40)10-38)25(44)35-18(11-50)28(48)49/h1-4,11,19-23,25-26,29-32,42,50-51,54-55,58-61,70H,5-10,12-14H2,(H,45,62)(H,46,63)(H,47,64)(H,56,57)(H,66,67)(H,68,69)(H3,41,43,48,49,65);1-4,9,16-19,21-22,31,38,40-42,50H,5-8,10-11H2,(H,34,43)(H,35,44)(H,46,47)(H,48,49)(H3,30,32,36,37,45)/t19-,20-,21-,22-,23+,25+,26+,29+,30+,31+,32+;16-,17-,18+,19+,21+,22+/m00/s1. The third-order valence-electron chi connectivity index (χ3n) is 17.9. The molecule has 0 aliphatic heterocycles. The minimum absolute atomic E-state index is 0.00193. The summed E-state index contributed by atoms with van der Waals surface area (Å²) in [7, 11) is 0. The van der Waals surface area contributed by atoms with Crippen LogP contribution in [-0.2, 0) is 65.8 Å². The number of carboxylic acid groups (broad SMARTS) is 5. The normalized spacial score (nSPS) is 15.6. The maximum absolute atomic E-state index is 13.7. The molecule has 17 atom stereocenters. The number of aliphatic carboxylic acids is 5. The molecular weight excluding hydrogens is 1640 g/mol. The number of nitrogen functional groups attached to an aromatic ring is 2. The molecule has 5 amide bonds. The van der Waals surface area contributed by atoms with Crippen LogP contribution in [0.4, 0.5) is 23.3 Å². The number of Topliss-reactive ketones (excluding diaryl/α,β-unsaturated/α-hetero) is 3. The van der Waals surface area contributed by atoms with E-state index in [0.717, 1.165) is 0 Å². The number of hydrogen-bond donors (Lipinski definition) is 30. The van der Waals surface area contributed by atoms with Crippen molar-refractivity contribution in [3.63, 3.8) is 0 Å². The average Bonchev–Trinajstić information content (AvgIpc) is 0.807. The van der Waals surface area contributed by atoms with E-state index in [9.17, 15) is 154 Å². The van der Waals surface area contributed by atoms with E-state index in [1.807, 2.05) is 10.6 Å². The van der Waals surface area contributed by atoms with Gasteiger partial charge in [-0.3, -0.25) is 62.7 Å². The molecule has 6 rings (SSSR count). The number of aliphatic hydroxyl groups excluding tert-OH is 12. The van der Waals surface area contributed by atoms with Gasteiger partial charge in [0.15, 0.2) is 28.1 Å². The van der Waals surface area contributed by atoms with Gasteiger partial charge in [-0.15, -0.1) is 0 Å². The maximum atomic E-state index is 13.7. The van der Waals surface area contributed by atoms with Gasteiger partial charge in [0.2, 0.25) is 29.6 Å². The van der Waals surface area contributed by atoms with Crippen LogP contribution in [0.3, 0.4) is 0 Å². The average molecular weight is 1730 g/mol. The fraction of sp³-hybridized carbons (Fsp3) is 0.464. The summed E-state index contributed by atoms with van der Waals surface area (Å²) in [5.41, 5.74) is 11.7. The lowest BCUT2D eigenvalue weighted by Gasteiger charge is -2.31. The van der Waals surface area contributed by atoms with Crippen LogP contribution < -0.4 is 59.8 Å². The summed E-state index contributed by atoms with van der Waals surface area (Å²) >= 11 is 7.61. The van der Waals surface area contributed by atoms with E-state index in [4.69, 9.17) is 16.6 Å². The summed E-state index contributed by atoms with van der Waals surface area (Å²) in [6.07, 6.45) is -24.2. The van der Waals surface area contributed by atoms with E-state index < -0.39 is 268 Å². The van der Waals surface area contributed by atoms with Crippen LogP contribution in [0, 0.1) is 17.8 Å². The molecule has 51 heteroatoms. The van der Waals surface area contributed by atoms with Gasteiger partial charge in [0.1, 0.15) is 72.4 Å². The molecule has 0 saturated heterocycles. The zero-order valence-corrected chi connectivity index (χ0v) is 64.4. The molecular formula is C69H89N17O32S2. The third-order valence-corrected chi connectivity index (χ3v) is 18.6. The van der Waals surface area contributed by atoms with Crippen molar-refractivity contribution in [1.82, 2.24) is 66.5 Å². The first-order valence-electron chi connectivity index (χ1n) is 35.7. The van der Waals surface area contributed by atoms with Gasteiger partial charge < -0.3 is 135 Å². The number of hydrogen-bond acceptors (Lipinski definition) is 39. The highest BCUT2D eigenvalue weighted by molar-refractivity contribution is 7.80. The van der Waals surface area contributed by atoms with Gasteiger partial charge in [-0.1, -0.05) is 0 Å². The lowest BCUT2D eigenvalue weighted by Crippen LogP contribution is -2.54. The van der Waals surface area contributed by atoms with Gasteiger partial charge in [0.05, 0.1) is 105 Å². The fourth-order valence-electron chi connectivity index (χ4n) is 11.1. The molecule has 4 aromatic heterocycles. The number of carboxylic acids is 5. The molecule has 0 aliphatic carbocycles. The second kappa shape index (κ2) is 47.0. The molecule has 0 radical (unpaired) electrons. The van der Waals surface area contributed by atoms with Crippen LogP contribution in [0.1, 0.15) is 83.5 Å². The van der Waals surface area contributed by atoms with Crippen molar-refractivity contribution in [2.75, 3.05) is 53.4 Å². The lowest BCUT2D eigenvalue weighted by molar-refractivity contribution is -0.149. The Hall–Kier alpha value is -12.0. The van der Waals surface area contributed by atoms with Crippen molar-refractivity contribution in [1.29, 1.82) is 0 Å². The summed E-state index contributed by atoms with van der Waals surface area (Å²) < 4.78 is 0. The summed E-state index contributed by atoms with van der Waals surface area (Å²) in [6, 6.07) is 2.60. The Morgan fingerprint density at radius 3 is 1.02 bits per heavy atom. The molecule has 0 aliphatic rings. The monoisotopic (exact) mass is 1730 g/mol. The first-order chi connectivity index (χ1) is 56.6. The number of amides is 5. The van der Waals surface area contributed by atoms with E-state index in [0.29, 0.717) is 22.8 Å². The number of aliphatic hydroxyl groups is 12. The molecule has 120 heavy (non-hydrogen) atoms. The number of rotatable bonds is 49. The zero-order valence-electron chi connectivity index (χ0n) is 62.7. The highest BCUT2D eigenvalue weighted by Crippen LogP contribution is 2.25. The van der Waals surface area contributed by atoms with Crippen molar-refractivity contribution >= 4 is 148 Å². The van der Waals surface area contributed by atoms with Gasteiger partial charge in [-0.05, 0) is 61.4 Å². The van der Waals surface area contributed by atoms with Crippen molar-refractivity contribution in [3.05, 3.63) is 104 Å². The SMILES string of the molecule is Nc1nc2ncc(CNc3ccc(C(=O)N[C@@H](CCC(=O)C[C@H](C(=O)N[C@@H](CC(=O)O)C(=O)C[C@H](C(=O)N[C@H](CS)C(=O)O)[C@@H](O)[C@H](O)[C@H](O)CO)[C@@H](O)[C@H](O)[C@H](O)CO)C(=O)O)cc3)nc2c(=O)[nH]1.Nc1nc2ncc(CNc3ccc(C(=O)N[C@@H](CCC(=O)C[C@H](C(=O)N[C@H](CS)C(=O)O)[C@@H](O)[C@H](O)[C@H](O)CO)C(=O)O)cc3)nc2c(=O)[nH]1. The Morgan fingerprint density at radius 1 is 0.408 bits per heavy atom. The molecule has 49 nitrogen and oxygen atoms in total. The number of aromatic amines is 2. The number of thiol groups is 2. The van der Waals surface area contributed by atoms with Crippen molar-refractivity contribution in [2.24, 2.45) is 17.8 Å². The van der Waals surface area contributed by atoms with Crippen molar-refractivity contribution < 1.29 is 149 Å². The maximum Gasteiger partial charge on any atom is 0.327 e. The number of benzene rings is 2. The lowest BCUT2D eigenvalue weighted by atomic mass is 9.86. The van der Waals surface area contributed by atoms with Crippen LogP contribution in [0.5, 0.6) is 0 Å². The van der Waals surface area contributed by atoms with Gasteiger partial charge in [-0.25, -0.2) is 39.1 Å². The van der Waals surface area contributed by atoms with E-state index in [-0.39, 0.29) is 64.2 Å². The highest BCUT2D eigenvalue weighted by Gasteiger charge is 2.44. The van der Waals surface area contributed by atoms with E-state index in [1.165, 1.54) is 60.9 Å². The predicted molar refractivity (Wildman–Crippen MR) is 414 cm³/mol.